The minimum Gasteiger partial charge on any atom is -0.388 e. The molecule has 2 unspecified atom stereocenters. The van der Waals surface area contributed by atoms with Crippen LogP contribution in [0.3, 0.4) is 0 Å². The van der Waals surface area contributed by atoms with Crippen LogP contribution in [-0.4, -0.2) is 24.0 Å². The van der Waals surface area contributed by atoms with E-state index in [2.05, 4.69) is 33.0 Å². The molecule has 0 aliphatic heterocycles. The highest BCUT2D eigenvalue weighted by atomic mass is 16.5. The van der Waals surface area contributed by atoms with Gasteiger partial charge in [0.05, 0.1) is 0 Å². The first-order valence-electron chi connectivity index (χ1n) is 11.7. The predicted octanol–water partition coefficient (Wildman–Crippen LogP) is 7.12. The Kier molecular flexibility index (Phi) is 12.7. The second-order valence-corrected chi connectivity index (χ2v) is 8.34. The number of benzene rings is 1. The molecular weight excluding hydrogens is 374 g/mol. The summed E-state index contributed by atoms with van der Waals surface area (Å²) in [7, 11) is 0. The lowest BCUT2D eigenvalue weighted by molar-refractivity contribution is 0.181. The highest BCUT2D eigenvalue weighted by Gasteiger charge is 2.22. The van der Waals surface area contributed by atoms with E-state index in [1.165, 1.54) is 25.7 Å². The Morgan fingerprint density at radius 2 is 1.63 bits per heavy atom. The van der Waals surface area contributed by atoms with Gasteiger partial charge in [-0.15, -0.1) is 5.26 Å². The molecule has 0 saturated carbocycles. The summed E-state index contributed by atoms with van der Waals surface area (Å²) in [5, 5.41) is 11.9. The molecule has 30 heavy (non-hydrogen) atoms. The zero-order chi connectivity index (χ0) is 22.4. The first-order chi connectivity index (χ1) is 14.5. The molecule has 0 heterocycles. The number of carbonyl (C=O) groups is 1. The smallest absolute Gasteiger partial charge is 0.321 e. The first kappa shape index (κ1) is 25.8. The average molecular weight is 416 g/mol. The zero-order valence-corrected chi connectivity index (χ0v) is 19.7. The van der Waals surface area contributed by atoms with Crippen molar-refractivity contribution in [2.24, 2.45) is 11.8 Å². The summed E-state index contributed by atoms with van der Waals surface area (Å²) in [6.07, 6.45) is 10.9. The van der Waals surface area contributed by atoms with Crippen molar-refractivity contribution in [3.8, 4) is 12.0 Å². The van der Waals surface area contributed by atoms with Gasteiger partial charge in [-0.05, 0) is 43.2 Å². The molecule has 168 valence electrons. The van der Waals surface area contributed by atoms with Gasteiger partial charge in [-0.2, -0.15) is 0 Å². The maximum absolute atomic E-state index is 13.3. The molecule has 0 spiro atoms. The van der Waals surface area contributed by atoms with Crippen molar-refractivity contribution in [2.45, 2.75) is 86.0 Å². The third kappa shape index (κ3) is 9.07. The summed E-state index contributed by atoms with van der Waals surface area (Å²) >= 11 is 0. The Balaban J connectivity index is 2.99. The van der Waals surface area contributed by atoms with Crippen LogP contribution in [0.2, 0.25) is 0 Å². The predicted molar refractivity (Wildman–Crippen MR) is 125 cm³/mol. The van der Waals surface area contributed by atoms with Crippen LogP contribution in [0.1, 0.15) is 84.6 Å². The molecule has 1 rings (SSSR count). The molecule has 1 N–H and O–H groups in total. The number of nitrogens with one attached hydrogen (secondary N) is 1. The highest BCUT2D eigenvalue weighted by Crippen LogP contribution is 2.24. The van der Waals surface area contributed by atoms with Gasteiger partial charge in [0.25, 0.3) is 6.26 Å². The van der Waals surface area contributed by atoms with Crippen molar-refractivity contribution in [1.29, 1.82) is 5.26 Å². The molecular formula is C25H41N3O2. The van der Waals surface area contributed by atoms with Crippen LogP contribution in [0.15, 0.2) is 18.2 Å². The van der Waals surface area contributed by atoms with Gasteiger partial charge in [-0.25, -0.2) is 4.79 Å². The minimum absolute atomic E-state index is 0.0582. The lowest BCUT2D eigenvalue weighted by Gasteiger charge is -2.31. The fraction of sp³-hybridized carbons (Fsp3) is 0.680. The number of hydrogen-bond donors (Lipinski definition) is 1. The topological polar surface area (TPSA) is 65.4 Å². The summed E-state index contributed by atoms with van der Waals surface area (Å²) < 4.78 is 4.94. The Morgan fingerprint density at radius 1 is 1.07 bits per heavy atom. The van der Waals surface area contributed by atoms with Crippen LogP contribution in [0.4, 0.5) is 10.5 Å². The lowest BCUT2D eigenvalue weighted by atomic mass is 9.96. The van der Waals surface area contributed by atoms with E-state index in [0.29, 0.717) is 23.3 Å². The number of rotatable bonds is 14. The van der Waals surface area contributed by atoms with Gasteiger partial charge in [-0.1, -0.05) is 72.3 Å². The number of nitrogens with zero attached hydrogens (tertiary/aromatic N) is 2. The number of aryl methyl sites for hydroxylation is 1. The van der Waals surface area contributed by atoms with Crippen LogP contribution < -0.4 is 10.1 Å². The van der Waals surface area contributed by atoms with E-state index in [1.807, 2.05) is 17.9 Å². The van der Waals surface area contributed by atoms with Crippen LogP contribution in [0.25, 0.3) is 0 Å². The molecule has 0 bridgehead atoms. The van der Waals surface area contributed by atoms with Crippen molar-refractivity contribution in [3.05, 3.63) is 23.8 Å². The second-order valence-electron chi connectivity index (χ2n) is 8.34. The van der Waals surface area contributed by atoms with Crippen molar-refractivity contribution in [2.75, 3.05) is 18.4 Å². The molecule has 0 saturated heterocycles. The number of amides is 2. The quantitative estimate of drug-likeness (QED) is 0.329. The van der Waals surface area contributed by atoms with Gasteiger partial charge in [-0.3, -0.25) is 0 Å². The first-order valence-corrected chi connectivity index (χ1v) is 11.7. The molecule has 0 radical (unpaired) electrons. The summed E-state index contributed by atoms with van der Waals surface area (Å²) in [6, 6.07) is 5.26. The summed E-state index contributed by atoms with van der Waals surface area (Å²) in [5.74, 6) is 1.48. The molecule has 0 aliphatic rings. The lowest BCUT2D eigenvalue weighted by Crippen LogP contribution is -2.41. The summed E-state index contributed by atoms with van der Waals surface area (Å²) in [4.78, 5) is 15.3. The van der Waals surface area contributed by atoms with E-state index in [0.717, 1.165) is 44.3 Å². The monoisotopic (exact) mass is 415 g/mol. The minimum atomic E-state index is -0.0582. The van der Waals surface area contributed by atoms with Crippen molar-refractivity contribution in [3.63, 3.8) is 0 Å². The molecule has 1 aromatic carbocycles. The van der Waals surface area contributed by atoms with Gasteiger partial charge >= 0.3 is 6.03 Å². The third-order valence-electron chi connectivity index (χ3n) is 5.95. The summed E-state index contributed by atoms with van der Waals surface area (Å²) in [5.41, 5.74) is 1.64. The van der Waals surface area contributed by atoms with Crippen LogP contribution in [0.5, 0.6) is 5.75 Å². The van der Waals surface area contributed by atoms with E-state index in [9.17, 15) is 4.79 Å². The van der Waals surface area contributed by atoms with E-state index in [-0.39, 0.29) is 6.03 Å². The van der Waals surface area contributed by atoms with Gasteiger partial charge in [0, 0.05) is 24.8 Å². The number of carbonyl (C=O) groups excluding carboxylic acids is 1. The van der Waals surface area contributed by atoms with E-state index in [1.54, 1.807) is 18.4 Å². The fourth-order valence-corrected chi connectivity index (χ4v) is 3.74. The summed E-state index contributed by atoms with van der Waals surface area (Å²) in [6.45, 7) is 12.4. The highest BCUT2D eigenvalue weighted by molar-refractivity contribution is 5.90. The Hall–Kier alpha value is -2.22. The molecule has 2 amide bonds. The van der Waals surface area contributed by atoms with Crippen molar-refractivity contribution >= 4 is 11.7 Å². The fourth-order valence-electron chi connectivity index (χ4n) is 3.74. The molecule has 0 aromatic heterocycles. The van der Waals surface area contributed by atoms with Gasteiger partial charge in [0.2, 0.25) is 0 Å². The number of unbranched alkanes of at least 4 members (excludes halogenated alkanes) is 2. The standard InChI is InChI=1S/C25H41N3O2/c1-6-10-12-21(8-3)17-28(18-22(9-4)13-11-7-2)25(29)27-24-16-23(30-19-26)15-14-20(24)5/h14-16,21-22H,6-13,17-18H2,1-5H3,(H,27,29). The Bertz CT molecular complexity index is 651. The zero-order valence-electron chi connectivity index (χ0n) is 19.7. The van der Waals surface area contributed by atoms with Gasteiger partial charge in [0.1, 0.15) is 5.75 Å². The van der Waals surface area contributed by atoms with Gasteiger partial charge in [0.15, 0.2) is 0 Å². The van der Waals surface area contributed by atoms with Crippen LogP contribution in [0, 0.1) is 30.3 Å². The van der Waals surface area contributed by atoms with Gasteiger partial charge < -0.3 is 15.0 Å². The van der Waals surface area contributed by atoms with Crippen molar-refractivity contribution in [1.82, 2.24) is 4.90 Å². The molecule has 2 atom stereocenters. The van der Waals surface area contributed by atoms with Crippen molar-refractivity contribution < 1.29 is 9.53 Å². The molecule has 0 aliphatic carbocycles. The molecule has 1 aromatic rings. The largest absolute Gasteiger partial charge is 0.388 e. The third-order valence-corrected chi connectivity index (χ3v) is 5.95. The second kappa shape index (κ2) is 14.7. The number of anilines is 1. The average Bonchev–Trinajstić information content (AvgIpc) is 2.75. The molecule has 5 nitrogen and oxygen atoms in total. The van der Waals surface area contributed by atoms with E-state index >= 15 is 0 Å². The molecule has 0 fully saturated rings. The maximum atomic E-state index is 13.3. The maximum Gasteiger partial charge on any atom is 0.321 e. The normalized spacial score (nSPS) is 12.7. The number of urea groups is 1. The Labute approximate surface area is 183 Å². The number of nitriles is 1. The molecule has 5 heteroatoms. The van der Waals surface area contributed by atoms with E-state index in [4.69, 9.17) is 10.00 Å². The van der Waals surface area contributed by atoms with E-state index < -0.39 is 0 Å². The number of hydrogen-bond acceptors (Lipinski definition) is 3. The van der Waals surface area contributed by atoms with Crippen LogP contribution in [-0.2, 0) is 0 Å². The SMILES string of the molecule is CCCCC(CC)CN(CC(CC)CCCC)C(=O)Nc1cc(OC#N)ccc1C. The van der Waals surface area contributed by atoms with Crippen LogP contribution >= 0.6 is 0 Å². The number of ether oxygens (including phenoxy) is 1. The Morgan fingerprint density at radius 3 is 2.10 bits per heavy atom.